The normalized spacial score (nSPS) is 28.2. The van der Waals surface area contributed by atoms with E-state index in [4.69, 9.17) is 4.99 Å². The lowest BCUT2D eigenvalue weighted by atomic mass is 9.83. The third kappa shape index (κ3) is 4.39. The largest absolute Gasteiger partial charge is 0.270 e. The lowest BCUT2D eigenvalue weighted by Gasteiger charge is -2.35. The minimum absolute atomic E-state index is 0.00278. The van der Waals surface area contributed by atoms with Crippen LogP contribution in [-0.2, 0) is 5.92 Å². The van der Waals surface area contributed by atoms with Crippen LogP contribution in [-0.4, -0.2) is 34.7 Å². The molecule has 4 rings (SSSR count). The van der Waals surface area contributed by atoms with Crippen molar-refractivity contribution in [2.45, 2.75) is 70.9 Å². The first kappa shape index (κ1) is 23.4. The van der Waals surface area contributed by atoms with Gasteiger partial charge in [-0.1, -0.05) is 43.3 Å². The summed E-state index contributed by atoms with van der Waals surface area (Å²) in [5.74, 6) is -2.80. The van der Waals surface area contributed by atoms with Crippen molar-refractivity contribution >= 4 is 11.5 Å². The van der Waals surface area contributed by atoms with Gasteiger partial charge in [-0.25, -0.2) is 23.2 Å². The number of benzene rings is 1. The molecule has 5 nitrogen and oxygen atoms in total. The molecular formula is C25H30F3N5. The van der Waals surface area contributed by atoms with Crippen molar-refractivity contribution < 1.29 is 13.2 Å². The molecule has 0 aromatic heterocycles. The minimum Gasteiger partial charge on any atom is -0.266 e. The highest BCUT2D eigenvalue weighted by molar-refractivity contribution is 6.10. The third-order valence-corrected chi connectivity index (χ3v) is 6.68. The van der Waals surface area contributed by atoms with Crippen molar-refractivity contribution in [3.63, 3.8) is 0 Å². The van der Waals surface area contributed by atoms with Gasteiger partial charge in [0.25, 0.3) is 5.92 Å². The highest BCUT2D eigenvalue weighted by atomic mass is 19.3. The first-order valence-corrected chi connectivity index (χ1v) is 11.5. The van der Waals surface area contributed by atoms with Crippen LogP contribution in [0.15, 0.2) is 68.3 Å². The van der Waals surface area contributed by atoms with E-state index in [-0.39, 0.29) is 23.4 Å². The second-order valence-electron chi connectivity index (χ2n) is 9.21. The van der Waals surface area contributed by atoms with Gasteiger partial charge in [0.15, 0.2) is 5.84 Å². The third-order valence-electron chi connectivity index (χ3n) is 6.68. The monoisotopic (exact) mass is 457 g/mol. The standard InChI is InChI=1S/C25H30F3N5/c1-5-21-24(3,31-32-33(21)22-16(2)9-6-12-19(22)26)20-13-8-14-29-23(30-20)17-10-7-11-18(15-17)25(4,27)28/h6-7,10-12,15-16,21H,5,8-9,13-14H2,1-4H3. The van der Waals surface area contributed by atoms with E-state index in [1.807, 2.05) is 26.8 Å². The molecule has 0 amide bonds. The lowest BCUT2D eigenvalue weighted by molar-refractivity contribution is 0.0174. The Morgan fingerprint density at radius 2 is 2.06 bits per heavy atom. The molecule has 1 aliphatic carbocycles. The molecule has 3 atom stereocenters. The Morgan fingerprint density at radius 1 is 1.27 bits per heavy atom. The zero-order chi connectivity index (χ0) is 23.8. The van der Waals surface area contributed by atoms with Crippen LogP contribution in [0.1, 0.15) is 64.5 Å². The number of aliphatic imine (C=N–C) groups is 2. The van der Waals surface area contributed by atoms with Gasteiger partial charge in [0.05, 0.1) is 17.5 Å². The van der Waals surface area contributed by atoms with Crippen LogP contribution in [0, 0.1) is 5.92 Å². The summed E-state index contributed by atoms with van der Waals surface area (Å²) in [6.07, 6.45) is 6.20. The van der Waals surface area contributed by atoms with Crippen molar-refractivity contribution in [1.82, 2.24) is 5.01 Å². The van der Waals surface area contributed by atoms with E-state index in [2.05, 4.69) is 15.3 Å². The predicted molar refractivity (Wildman–Crippen MR) is 124 cm³/mol. The van der Waals surface area contributed by atoms with E-state index in [0.29, 0.717) is 36.5 Å². The van der Waals surface area contributed by atoms with Crippen molar-refractivity contribution in [2.24, 2.45) is 26.2 Å². The van der Waals surface area contributed by atoms with E-state index in [1.165, 1.54) is 18.2 Å². The molecule has 1 aromatic rings. The molecule has 0 N–H and O–H groups in total. The van der Waals surface area contributed by atoms with E-state index in [0.717, 1.165) is 25.5 Å². The molecule has 1 aromatic carbocycles. The van der Waals surface area contributed by atoms with Gasteiger partial charge in [-0.3, -0.25) is 4.99 Å². The smallest absolute Gasteiger partial charge is 0.266 e. The van der Waals surface area contributed by atoms with Crippen molar-refractivity contribution in [1.29, 1.82) is 0 Å². The van der Waals surface area contributed by atoms with Crippen LogP contribution < -0.4 is 0 Å². The van der Waals surface area contributed by atoms with Crippen molar-refractivity contribution in [3.8, 4) is 0 Å². The topological polar surface area (TPSA) is 52.7 Å². The fourth-order valence-electron chi connectivity index (χ4n) is 4.79. The molecular weight excluding hydrogens is 427 g/mol. The maximum absolute atomic E-state index is 14.8. The molecule has 0 radical (unpaired) electrons. The van der Waals surface area contributed by atoms with Gasteiger partial charge in [0, 0.05) is 30.5 Å². The molecule has 0 saturated carbocycles. The molecule has 3 aliphatic rings. The maximum Gasteiger partial charge on any atom is 0.270 e. The fourth-order valence-corrected chi connectivity index (χ4v) is 4.79. The van der Waals surface area contributed by atoms with Gasteiger partial charge in [-0.2, -0.15) is 5.11 Å². The van der Waals surface area contributed by atoms with Gasteiger partial charge in [-0.05, 0) is 44.7 Å². The molecule has 2 aliphatic heterocycles. The Hall–Kier alpha value is -2.77. The fraction of sp³-hybridized carbons (Fsp3) is 0.520. The lowest BCUT2D eigenvalue weighted by Crippen LogP contribution is -2.49. The quantitative estimate of drug-likeness (QED) is 0.481. The van der Waals surface area contributed by atoms with Crippen LogP contribution in [0.2, 0.25) is 0 Å². The van der Waals surface area contributed by atoms with E-state index in [1.54, 1.807) is 17.1 Å². The molecule has 8 heteroatoms. The SMILES string of the molecule is CCC1N(C2=C(F)C=CCC2C)N=NC1(C)C1=NC(c2cccc(C(C)(F)F)c2)=NCCC1. The molecule has 0 spiro atoms. The molecule has 0 saturated heterocycles. The average molecular weight is 458 g/mol. The van der Waals surface area contributed by atoms with Crippen LogP contribution in [0.25, 0.3) is 0 Å². The molecule has 33 heavy (non-hydrogen) atoms. The molecule has 176 valence electrons. The van der Waals surface area contributed by atoms with Gasteiger partial charge >= 0.3 is 0 Å². The van der Waals surface area contributed by atoms with Gasteiger partial charge in [0.2, 0.25) is 0 Å². The number of rotatable bonds is 5. The number of amidine groups is 1. The number of hydrogen-bond donors (Lipinski definition) is 0. The summed E-state index contributed by atoms with van der Waals surface area (Å²) in [5.41, 5.74) is 1.06. The molecule has 0 bridgehead atoms. The van der Waals surface area contributed by atoms with Crippen LogP contribution >= 0.6 is 0 Å². The van der Waals surface area contributed by atoms with Crippen LogP contribution in [0.4, 0.5) is 13.2 Å². The van der Waals surface area contributed by atoms with E-state index < -0.39 is 11.5 Å². The summed E-state index contributed by atoms with van der Waals surface area (Å²) in [5, 5.41) is 10.8. The highest BCUT2D eigenvalue weighted by Gasteiger charge is 2.48. The van der Waals surface area contributed by atoms with Gasteiger partial charge in [0.1, 0.15) is 11.4 Å². The zero-order valence-electron chi connectivity index (χ0n) is 19.5. The molecule has 2 heterocycles. The van der Waals surface area contributed by atoms with Gasteiger partial charge in [-0.15, -0.1) is 0 Å². The number of alkyl halides is 2. The second-order valence-corrected chi connectivity index (χ2v) is 9.21. The average Bonchev–Trinajstić information content (AvgIpc) is 2.94. The minimum atomic E-state index is -2.95. The zero-order valence-corrected chi connectivity index (χ0v) is 19.5. The first-order chi connectivity index (χ1) is 15.6. The number of allylic oxidation sites excluding steroid dienone is 4. The Labute approximate surface area is 192 Å². The summed E-state index contributed by atoms with van der Waals surface area (Å²) >= 11 is 0. The van der Waals surface area contributed by atoms with Crippen molar-refractivity contribution in [2.75, 3.05) is 6.54 Å². The summed E-state index contributed by atoms with van der Waals surface area (Å²) in [6, 6.07) is 6.01. The summed E-state index contributed by atoms with van der Waals surface area (Å²) in [7, 11) is 0. The van der Waals surface area contributed by atoms with E-state index >= 15 is 0 Å². The second kappa shape index (κ2) is 8.88. The van der Waals surface area contributed by atoms with Crippen LogP contribution in [0.5, 0.6) is 0 Å². The first-order valence-electron chi connectivity index (χ1n) is 11.5. The number of hydrogen-bond acceptors (Lipinski definition) is 5. The molecule has 0 fully saturated rings. The van der Waals surface area contributed by atoms with Crippen LogP contribution in [0.3, 0.4) is 0 Å². The Bertz CT molecular complexity index is 1070. The van der Waals surface area contributed by atoms with Gasteiger partial charge < -0.3 is 0 Å². The Morgan fingerprint density at radius 3 is 2.76 bits per heavy atom. The highest BCUT2D eigenvalue weighted by Crippen LogP contribution is 2.41. The predicted octanol–water partition coefficient (Wildman–Crippen LogP) is 6.78. The Balaban J connectivity index is 1.71. The molecule has 3 unspecified atom stereocenters. The maximum atomic E-state index is 14.8. The van der Waals surface area contributed by atoms with Crippen molar-refractivity contribution in [3.05, 3.63) is 59.1 Å². The summed E-state index contributed by atoms with van der Waals surface area (Å²) in [6.45, 7) is 7.43. The Kier molecular flexibility index (Phi) is 6.29. The number of nitrogens with zero attached hydrogens (tertiary/aromatic N) is 5. The summed E-state index contributed by atoms with van der Waals surface area (Å²) in [4.78, 5) is 9.43. The van der Waals surface area contributed by atoms with E-state index in [9.17, 15) is 13.2 Å². The number of halogens is 3. The summed E-state index contributed by atoms with van der Waals surface area (Å²) < 4.78 is 42.6.